The minimum Gasteiger partial charge on any atom is -0.483 e. The molecule has 1 aromatic rings. The average Bonchev–Trinajstić information content (AvgIpc) is 3.14. The second kappa shape index (κ2) is 8.88. The topological polar surface area (TPSA) is 67.4 Å². The van der Waals surface area contributed by atoms with Gasteiger partial charge in [-0.15, -0.1) is 0 Å². The fourth-order valence-electron chi connectivity index (χ4n) is 3.77. The number of benzene rings is 1. The molecule has 2 saturated carbocycles. The molecule has 2 aliphatic carbocycles. The van der Waals surface area contributed by atoms with Gasteiger partial charge in [0.05, 0.1) is 5.56 Å². The number of carbonyl (C=O) groups is 2. The largest absolute Gasteiger partial charge is 0.483 e. The summed E-state index contributed by atoms with van der Waals surface area (Å²) >= 11 is 0. The van der Waals surface area contributed by atoms with Gasteiger partial charge in [-0.1, -0.05) is 44.2 Å². The number of ether oxygens (including phenoxy) is 1. The molecule has 2 aliphatic rings. The van der Waals surface area contributed by atoms with E-state index in [0.717, 1.165) is 25.7 Å². The molecule has 1 aromatic carbocycles. The van der Waals surface area contributed by atoms with Gasteiger partial charge >= 0.3 is 0 Å². The Hall–Kier alpha value is -2.04. The molecule has 0 bridgehead atoms. The Morgan fingerprint density at radius 1 is 0.880 bits per heavy atom. The second-order valence-corrected chi connectivity index (χ2v) is 7.14. The van der Waals surface area contributed by atoms with Gasteiger partial charge in [-0.2, -0.15) is 0 Å². The number of rotatable bonds is 6. The maximum Gasteiger partial charge on any atom is 0.258 e. The zero-order valence-electron chi connectivity index (χ0n) is 14.8. The Morgan fingerprint density at radius 3 is 2.20 bits per heavy atom. The maximum atomic E-state index is 12.5. The van der Waals surface area contributed by atoms with Gasteiger partial charge in [0.25, 0.3) is 11.8 Å². The quantitative estimate of drug-likeness (QED) is 0.833. The molecule has 0 aromatic heterocycles. The minimum absolute atomic E-state index is 0.0514. The van der Waals surface area contributed by atoms with E-state index >= 15 is 0 Å². The summed E-state index contributed by atoms with van der Waals surface area (Å²) in [5.74, 6) is 0.241. The van der Waals surface area contributed by atoms with E-state index < -0.39 is 0 Å². The molecule has 0 heterocycles. The Labute approximate surface area is 149 Å². The smallest absolute Gasteiger partial charge is 0.258 e. The monoisotopic (exact) mass is 344 g/mol. The highest BCUT2D eigenvalue weighted by molar-refractivity contribution is 5.97. The van der Waals surface area contributed by atoms with Crippen LogP contribution < -0.4 is 15.4 Å². The van der Waals surface area contributed by atoms with Crippen LogP contribution in [0.5, 0.6) is 5.75 Å². The van der Waals surface area contributed by atoms with Crippen LogP contribution in [0.4, 0.5) is 0 Å². The summed E-state index contributed by atoms with van der Waals surface area (Å²) in [7, 11) is 0. The number of para-hydroxylation sites is 1. The van der Waals surface area contributed by atoms with Crippen molar-refractivity contribution < 1.29 is 14.3 Å². The van der Waals surface area contributed by atoms with Crippen molar-refractivity contribution in [3.63, 3.8) is 0 Å². The third-order valence-electron chi connectivity index (χ3n) is 5.15. The molecule has 136 valence electrons. The highest BCUT2D eigenvalue weighted by Gasteiger charge is 2.21. The zero-order chi connectivity index (χ0) is 17.5. The first-order valence-corrected chi connectivity index (χ1v) is 9.54. The van der Waals surface area contributed by atoms with Gasteiger partial charge < -0.3 is 15.4 Å². The molecule has 2 amide bonds. The molecule has 0 unspecified atom stereocenters. The number of amides is 2. The maximum absolute atomic E-state index is 12.5. The number of hydrogen-bond donors (Lipinski definition) is 2. The van der Waals surface area contributed by atoms with Crippen LogP contribution in [0.1, 0.15) is 68.1 Å². The Bertz CT molecular complexity index is 590. The second-order valence-electron chi connectivity index (χ2n) is 7.14. The van der Waals surface area contributed by atoms with E-state index in [1.807, 2.05) is 12.1 Å². The number of hydrogen-bond acceptors (Lipinski definition) is 3. The predicted octanol–water partition coefficient (Wildman–Crippen LogP) is 3.19. The normalized spacial score (nSPS) is 18.7. The van der Waals surface area contributed by atoms with Crippen LogP contribution in [0.2, 0.25) is 0 Å². The van der Waals surface area contributed by atoms with Gasteiger partial charge in [-0.3, -0.25) is 9.59 Å². The van der Waals surface area contributed by atoms with Crippen molar-refractivity contribution in [2.45, 2.75) is 69.9 Å². The summed E-state index contributed by atoms with van der Waals surface area (Å²) in [4.78, 5) is 24.6. The van der Waals surface area contributed by atoms with Crippen LogP contribution in [0, 0.1) is 0 Å². The molecule has 2 N–H and O–H groups in total. The first-order chi connectivity index (χ1) is 12.2. The van der Waals surface area contributed by atoms with Crippen molar-refractivity contribution >= 4 is 11.8 Å². The standard InChI is InChI=1S/C20H28N2O3/c23-19(21-15-8-2-1-3-9-15)14-25-18-13-7-6-12-17(18)20(24)22-16-10-4-5-11-16/h6-7,12-13,15-16H,1-5,8-11,14H2,(H,21,23)(H,22,24). The van der Waals surface area contributed by atoms with Crippen molar-refractivity contribution in [1.29, 1.82) is 0 Å². The Kier molecular flexibility index (Phi) is 6.31. The molecule has 0 saturated heterocycles. The molecule has 0 spiro atoms. The van der Waals surface area contributed by atoms with Crippen LogP contribution in [-0.2, 0) is 4.79 Å². The summed E-state index contributed by atoms with van der Waals surface area (Å²) in [5.41, 5.74) is 0.500. The van der Waals surface area contributed by atoms with Crippen molar-refractivity contribution in [3.8, 4) is 5.75 Å². The van der Waals surface area contributed by atoms with Gasteiger partial charge in [0.1, 0.15) is 5.75 Å². The molecule has 0 atom stereocenters. The Morgan fingerprint density at radius 2 is 1.48 bits per heavy atom. The zero-order valence-corrected chi connectivity index (χ0v) is 14.8. The fourth-order valence-corrected chi connectivity index (χ4v) is 3.77. The van der Waals surface area contributed by atoms with Gasteiger partial charge in [0.15, 0.2) is 6.61 Å². The lowest BCUT2D eigenvalue weighted by molar-refractivity contribution is -0.124. The molecule has 3 rings (SSSR count). The van der Waals surface area contributed by atoms with Gasteiger partial charge in [0, 0.05) is 12.1 Å². The van der Waals surface area contributed by atoms with E-state index in [9.17, 15) is 9.59 Å². The van der Waals surface area contributed by atoms with Crippen LogP contribution >= 0.6 is 0 Å². The lowest BCUT2D eigenvalue weighted by Crippen LogP contribution is -2.39. The van der Waals surface area contributed by atoms with Crippen LogP contribution in [0.15, 0.2) is 24.3 Å². The molecule has 25 heavy (non-hydrogen) atoms. The molecular formula is C20H28N2O3. The van der Waals surface area contributed by atoms with E-state index in [1.54, 1.807) is 12.1 Å². The third kappa shape index (κ3) is 5.21. The van der Waals surface area contributed by atoms with E-state index in [4.69, 9.17) is 4.74 Å². The molecule has 2 fully saturated rings. The Balaban J connectivity index is 1.53. The molecular weight excluding hydrogens is 316 g/mol. The van der Waals surface area contributed by atoms with Crippen molar-refractivity contribution in [2.75, 3.05) is 6.61 Å². The predicted molar refractivity (Wildman–Crippen MR) is 96.7 cm³/mol. The van der Waals surface area contributed by atoms with E-state index in [1.165, 1.54) is 32.1 Å². The minimum atomic E-state index is -0.116. The van der Waals surface area contributed by atoms with E-state index in [2.05, 4.69) is 10.6 Å². The van der Waals surface area contributed by atoms with Crippen molar-refractivity contribution in [1.82, 2.24) is 10.6 Å². The van der Waals surface area contributed by atoms with Crippen molar-refractivity contribution in [2.24, 2.45) is 0 Å². The highest BCUT2D eigenvalue weighted by atomic mass is 16.5. The fraction of sp³-hybridized carbons (Fsp3) is 0.600. The van der Waals surface area contributed by atoms with Gasteiger partial charge in [-0.05, 0) is 37.8 Å². The number of carbonyl (C=O) groups excluding carboxylic acids is 2. The molecule has 0 radical (unpaired) electrons. The van der Waals surface area contributed by atoms with Gasteiger partial charge in [0.2, 0.25) is 0 Å². The summed E-state index contributed by atoms with van der Waals surface area (Å²) in [6.45, 7) is -0.0514. The average molecular weight is 344 g/mol. The molecule has 0 aliphatic heterocycles. The first kappa shape index (κ1) is 17.8. The van der Waals surface area contributed by atoms with E-state index in [-0.39, 0.29) is 30.5 Å². The lowest BCUT2D eigenvalue weighted by Gasteiger charge is -2.22. The third-order valence-corrected chi connectivity index (χ3v) is 5.15. The van der Waals surface area contributed by atoms with E-state index in [0.29, 0.717) is 11.3 Å². The van der Waals surface area contributed by atoms with Crippen LogP contribution in [0.25, 0.3) is 0 Å². The molecule has 5 nitrogen and oxygen atoms in total. The summed E-state index contributed by atoms with van der Waals surface area (Å²) in [5, 5.41) is 6.10. The van der Waals surface area contributed by atoms with Gasteiger partial charge in [-0.25, -0.2) is 0 Å². The SMILES string of the molecule is O=C(COc1ccccc1C(=O)NC1CCCC1)NC1CCCCC1. The highest BCUT2D eigenvalue weighted by Crippen LogP contribution is 2.22. The van der Waals surface area contributed by atoms with Crippen molar-refractivity contribution in [3.05, 3.63) is 29.8 Å². The first-order valence-electron chi connectivity index (χ1n) is 9.54. The summed E-state index contributed by atoms with van der Waals surface area (Å²) in [6.07, 6.45) is 10.1. The van der Waals surface area contributed by atoms with Crippen LogP contribution in [0.3, 0.4) is 0 Å². The summed E-state index contributed by atoms with van der Waals surface area (Å²) in [6, 6.07) is 7.66. The lowest BCUT2D eigenvalue weighted by atomic mass is 9.95. The van der Waals surface area contributed by atoms with Crippen LogP contribution in [-0.4, -0.2) is 30.5 Å². The summed E-state index contributed by atoms with van der Waals surface area (Å²) < 4.78 is 5.65. The number of nitrogens with one attached hydrogen (secondary N) is 2. The molecule has 5 heteroatoms.